The zero-order chi connectivity index (χ0) is 12.4. The summed E-state index contributed by atoms with van der Waals surface area (Å²) in [5.74, 6) is 0. The van der Waals surface area contributed by atoms with Crippen molar-refractivity contribution in [1.82, 2.24) is 4.98 Å². The first-order valence-electron chi connectivity index (χ1n) is 4.92. The molecule has 1 aliphatic rings. The molecule has 0 fully saturated rings. The van der Waals surface area contributed by atoms with Crippen molar-refractivity contribution in [2.45, 2.75) is 6.92 Å². The number of nitriles is 2. The Bertz CT molecular complexity index is 602. The lowest BCUT2D eigenvalue weighted by Crippen LogP contribution is -3.01. The summed E-state index contributed by atoms with van der Waals surface area (Å²) in [4.78, 5) is 4.05. The Kier molecular flexibility index (Phi) is 2.71. The molecule has 0 aliphatic carbocycles. The minimum atomic E-state index is -0.295. The Morgan fingerprint density at radius 1 is 1.24 bits per heavy atom. The number of hydrogen-bond donors (Lipinski definition) is 1. The third-order valence-electron chi connectivity index (χ3n) is 2.59. The van der Waals surface area contributed by atoms with Crippen molar-refractivity contribution in [3.05, 3.63) is 52.1 Å². The van der Waals surface area contributed by atoms with Crippen LogP contribution in [0, 0.1) is 27.9 Å². The van der Waals surface area contributed by atoms with Gasteiger partial charge < -0.3 is 10.3 Å². The van der Waals surface area contributed by atoms with E-state index < -0.39 is 0 Å². The quantitative estimate of drug-likeness (QED) is 0.704. The van der Waals surface area contributed by atoms with Gasteiger partial charge in [-0.1, -0.05) is 6.07 Å². The number of rotatable bonds is 1. The van der Waals surface area contributed by atoms with Crippen molar-refractivity contribution in [3.63, 3.8) is 0 Å². The summed E-state index contributed by atoms with van der Waals surface area (Å²) in [5, 5.41) is 29.7. The molecule has 0 saturated carbocycles. The fourth-order valence-corrected chi connectivity index (χ4v) is 1.73. The lowest BCUT2D eigenvalue weighted by Gasteiger charge is -2.19. The minimum absolute atomic E-state index is 0.119. The van der Waals surface area contributed by atoms with Crippen LogP contribution in [0.1, 0.15) is 12.6 Å². The van der Waals surface area contributed by atoms with Crippen LogP contribution in [0.25, 0.3) is 5.70 Å². The Hall–Kier alpha value is -2.47. The van der Waals surface area contributed by atoms with E-state index in [0.29, 0.717) is 11.4 Å². The van der Waals surface area contributed by atoms with E-state index in [-0.39, 0.29) is 21.9 Å². The Labute approximate surface area is 98.1 Å². The molecule has 1 aromatic rings. The van der Waals surface area contributed by atoms with Crippen molar-refractivity contribution in [2.75, 3.05) is 0 Å². The molecule has 0 saturated heterocycles. The molecule has 17 heavy (non-hydrogen) atoms. The molecule has 2 rings (SSSR count). The molecule has 1 aliphatic heterocycles. The van der Waals surface area contributed by atoms with Gasteiger partial charge in [0.2, 0.25) is 0 Å². The predicted molar refractivity (Wildman–Crippen MR) is 59.4 cm³/mol. The van der Waals surface area contributed by atoms with Crippen LogP contribution in [-0.2, 0) is 0 Å². The molecule has 5 heteroatoms. The molecule has 0 radical (unpaired) electrons. The molecule has 0 spiro atoms. The maximum atomic E-state index is 12.0. The lowest BCUT2D eigenvalue weighted by atomic mass is 10.1. The molecule has 0 bridgehead atoms. The van der Waals surface area contributed by atoms with Gasteiger partial charge in [0, 0.05) is 13.1 Å². The Morgan fingerprint density at radius 2 is 1.94 bits per heavy atom. The first kappa shape index (κ1) is 11.0. The maximum absolute atomic E-state index is 12.0. The SMILES string of the molecule is CC1=C(C#N)C(C#N)=C(c2ccccn2)[NH+]1[O-]. The number of pyridine rings is 1. The van der Waals surface area contributed by atoms with Gasteiger partial charge in [-0.15, -0.1) is 0 Å². The van der Waals surface area contributed by atoms with Crippen LogP contribution in [0.3, 0.4) is 0 Å². The van der Waals surface area contributed by atoms with E-state index in [1.54, 1.807) is 31.3 Å². The average Bonchev–Trinajstić information content (AvgIpc) is 2.62. The molecule has 1 atom stereocenters. The summed E-state index contributed by atoms with van der Waals surface area (Å²) in [7, 11) is 0. The zero-order valence-electron chi connectivity index (χ0n) is 9.06. The number of hydrogen-bond acceptors (Lipinski definition) is 4. The summed E-state index contributed by atoms with van der Waals surface area (Å²) in [6.07, 6.45) is 1.55. The number of aromatic nitrogens is 1. The van der Waals surface area contributed by atoms with E-state index in [1.807, 2.05) is 12.1 Å². The van der Waals surface area contributed by atoms with Gasteiger partial charge in [-0.2, -0.15) is 10.5 Å². The number of allylic oxidation sites excluding steroid dienone is 3. The third kappa shape index (κ3) is 1.60. The van der Waals surface area contributed by atoms with Gasteiger partial charge >= 0.3 is 0 Å². The molecule has 0 aromatic carbocycles. The summed E-state index contributed by atoms with van der Waals surface area (Å²) >= 11 is 0. The number of hydroxylamine groups is 2. The summed E-state index contributed by atoms with van der Waals surface area (Å²) < 4.78 is 0. The van der Waals surface area contributed by atoms with Crippen LogP contribution < -0.4 is 5.06 Å². The van der Waals surface area contributed by atoms with E-state index in [4.69, 9.17) is 10.5 Å². The van der Waals surface area contributed by atoms with Gasteiger partial charge in [-0.25, -0.2) is 0 Å². The maximum Gasteiger partial charge on any atom is 0.181 e. The molecule has 82 valence electrons. The molecule has 1 unspecified atom stereocenters. The van der Waals surface area contributed by atoms with Gasteiger partial charge in [-0.3, -0.25) is 4.98 Å². The number of nitrogens with zero attached hydrogens (tertiary/aromatic N) is 3. The predicted octanol–water partition coefficient (Wildman–Crippen LogP) is 0.510. The van der Waals surface area contributed by atoms with Crippen molar-refractivity contribution in [2.24, 2.45) is 0 Å². The molecule has 2 heterocycles. The van der Waals surface area contributed by atoms with Crippen molar-refractivity contribution >= 4 is 5.70 Å². The van der Waals surface area contributed by atoms with E-state index >= 15 is 0 Å². The van der Waals surface area contributed by atoms with Gasteiger partial charge in [0.05, 0.1) is 0 Å². The fourth-order valence-electron chi connectivity index (χ4n) is 1.73. The normalized spacial score (nSPS) is 19.2. The van der Waals surface area contributed by atoms with Gasteiger partial charge in [0.1, 0.15) is 34.7 Å². The highest BCUT2D eigenvalue weighted by Crippen LogP contribution is 2.24. The number of nitrogens with one attached hydrogen (secondary N) is 1. The highest BCUT2D eigenvalue weighted by Gasteiger charge is 2.32. The molecule has 0 amide bonds. The summed E-state index contributed by atoms with van der Waals surface area (Å²) in [6.45, 7) is 1.55. The standard InChI is InChI=1S/C12H8N4O/c1-8-9(6-13)10(7-14)12(16(8)17)11-4-2-3-5-15-11/h2-5,16H,1H3. The second kappa shape index (κ2) is 4.18. The average molecular weight is 224 g/mol. The van der Waals surface area contributed by atoms with Crippen LogP contribution in [0.15, 0.2) is 41.2 Å². The monoisotopic (exact) mass is 224 g/mol. The molecular weight excluding hydrogens is 216 g/mol. The topological polar surface area (TPSA) is 88.0 Å². The van der Waals surface area contributed by atoms with Crippen LogP contribution in [0.4, 0.5) is 0 Å². The van der Waals surface area contributed by atoms with Crippen molar-refractivity contribution in [3.8, 4) is 12.1 Å². The van der Waals surface area contributed by atoms with Crippen LogP contribution in [-0.4, -0.2) is 4.98 Å². The zero-order valence-corrected chi connectivity index (χ0v) is 9.06. The lowest BCUT2D eigenvalue weighted by molar-refractivity contribution is -0.720. The van der Waals surface area contributed by atoms with E-state index in [0.717, 1.165) is 0 Å². The number of quaternary nitrogens is 1. The van der Waals surface area contributed by atoms with E-state index in [9.17, 15) is 5.21 Å². The largest absolute Gasteiger partial charge is 0.623 e. The van der Waals surface area contributed by atoms with Crippen molar-refractivity contribution in [1.29, 1.82) is 10.5 Å². The summed E-state index contributed by atoms with van der Waals surface area (Å²) in [5.41, 5.74) is 1.23. The molecule has 5 nitrogen and oxygen atoms in total. The van der Waals surface area contributed by atoms with E-state index in [2.05, 4.69) is 4.98 Å². The van der Waals surface area contributed by atoms with Gasteiger partial charge in [0.25, 0.3) is 0 Å². The Morgan fingerprint density at radius 3 is 2.47 bits per heavy atom. The molecular formula is C12H8N4O. The fraction of sp³-hybridized carbons (Fsp3) is 0.0833. The van der Waals surface area contributed by atoms with Gasteiger partial charge in [0.15, 0.2) is 5.70 Å². The van der Waals surface area contributed by atoms with Gasteiger partial charge in [-0.05, 0) is 12.1 Å². The third-order valence-corrected chi connectivity index (χ3v) is 2.59. The highest BCUT2D eigenvalue weighted by molar-refractivity contribution is 5.74. The van der Waals surface area contributed by atoms with E-state index in [1.165, 1.54) is 0 Å². The van der Waals surface area contributed by atoms with Crippen molar-refractivity contribution < 1.29 is 5.06 Å². The first-order chi connectivity index (χ1) is 8.20. The minimum Gasteiger partial charge on any atom is -0.623 e. The first-order valence-corrected chi connectivity index (χ1v) is 4.92. The molecule has 1 aromatic heterocycles. The highest BCUT2D eigenvalue weighted by atomic mass is 16.5. The Balaban J connectivity index is 2.65. The second-order valence-corrected chi connectivity index (χ2v) is 3.52. The second-order valence-electron chi connectivity index (χ2n) is 3.52. The summed E-state index contributed by atoms with van der Waals surface area (Å²) in [6, 6.07) is 8.92. The smallest absolute Gasteiger partial charge is 0.181 e. The van der Waals surface area contributed by atoms with Crippen LogP contribution >= 0.6 is 0 Å². The van der Waals surface area contributed by atoms with Crippen LogP contribution in [0.2, 0.25) is 0 Å². The molecule has 1 N–H and O–H groups in total. The van der Waals surface area contributed by atoms with Crippen LogP contribution in [0.5, 0.6) is 0 Å².